The van der Waals surface area contributed by atoms with Crippen LogP contribution in [-0.4, -0.2) is 29.6 Å². The van der Waals surface area contributed by atoms with Crippen molar-refractivity contribution >= 4 is 17.6 Å². The number of allylic oxidation sites excluding steroid dienone is 4. The van der Waals surface area contributed by atoms with Crippen LogP contribution in [0.15, 0.2) is 42.5 Å². The average molecular weight is 352 g/mol. The van der Waals surface area contributed by atoms with Gasteiger partial charge in [-0.1, -0.05) is 24.3 Å². The SMILES string of the molecule is O=C(O)CNC(=O)c1ccc2c(c1)C1C=CCC1C(C1CC=CCC1)N2. The zero-order valence-corrected chi connectivity index (χ0v) is 14.7. The highest BCUT2D eigenvalue weighted by atomic mass is 16.4. The van der Waals surface area contributed by atoms with E-state index < -0.39 is 5.97 Å². The number of nitrogens with one attached hydrogen (secondary N) is 2. The fourth-order valence-electron chi connectivity index (χ4n) is 4.64. The number of carbonyl (C=O) groups is 2. The molecule has 4 unspecified atom stereocenters. The van der Waals surface area contributed by atoms with Gasteiger partial charge in [0.05, 0.1) is 0 Å². The molecule has 4 atom stereocenters. The minimum Gasteiger partial charge on any atom is -0.480 e. The minimum absolute atomic E-state index is 0.328. The van der Waals surface area contributed by atoms with Crippen LogP contribution in [0.4, 0.5) is 5.69 Å². The molecule has 1 amide bonds. The first-order valence-corrected chi connectivity index (χ1v) is 9.35. The highest BCUT2D eigenvalue weighted by molar-refractivity contribution is 5.96. The molecule has 0 saturated carbocycles. The molecule has 1 aromatic carbocycles. The Labute approximate surface area is 153 Å². The largest absolute Gasteiger partial charge is 0.480 e. The van der Waals surface area contributed by atoms with E-state index in [0.29, 0.717) is 29.4 Å². The Balaban J connectivity index is 1.59. The van der Waals surface area contributed by atoms with Crippen LogP contribution in [0.3, 0.4) is 0 Å². The lowest BCUT2D eigenvalue weighted by atomic mass is 9.72. The average Bonchev–Trinajstić information content (AvgIpc) is 3.16. The predicted octanol–water partition coefficient (Wildman–Crippen LogP) is 3.31. The van der Waals surface area contributed by atoms with Gasteiger partial charge in [0.2, 0.25) is 0 Å². The van der Waals surface area contributed by atoms with Crippen molar-refractivity contribution in [1.29, 1.82) is 0 Å². The summed E-state index contributed by atoms with van der Waals surface area (Å²) in [5, 5.41) is 14.9. The summed E-state index contributed by atoms with van der Waals surface area (Å²) in [6.45, 7) is -0.364. The zero-order chi connectivity index (χ0) is 18.1. The standard InChI is InChI=1S/C21H24N2O3/c24-19(25)12-22-21(26)14-9-10-18-17(11-14)15-7-4-8-16(15)20(23-18)13-5-2-1-3-6-13/h1-2,4,7,9-11,13,15-16,20,23H,3,5-6,8,12H2,(H,22,26)(H,24,25). The van der Waals surface area contributed by atoms with Gasteiger partial charge in [-0.15, -0.1) is 0 Å². The summed E-state index contributed by atoms with van der Waals surface area (Å²) in [5.74, 6) is 0.124. The van der Waals surface area contributed by atoms with Crippen LogP contribution in [-0.2, 0) is 4.79 Å². The number of rotatable bonds is 4. The molecule has 0 aromatic heterocycles. The molecule has 0 spiro atoms. The number of aliphatic carboxylic acids is 1. The lowest BCUT2D eigenvalue weighted by Gasteiger charge is -2.42. The smallest absolute Gasteiger partial charge is 0.322 e. The molecule has 0 fully saturated rings. The van der Waals surface area contributed by atoms with E-state index in [1.54, 1.807) is 6.07 Å². The number of hydrogen-bond acceptors (Lipinski definition) is 3. The molecule has 26 heavy (non-hydrogen) atoms. The highest BCUT2D eigenvalue weighted by Crippen LogP contribution is 2.47. The van der Waals surface area contributed by atoms with Gasteiger partial charge in [0.15, 0.2) is 0 Å². The van der Waals surface area contributed by atoms with Crippen LogP contribution in [0.2, 0.25) is 0 Å². The summed E-state index contributed by atoms with van der Waals surface area (Å²) >= 11 is 0. The van der Waals surface area contributed by atoms with Gasteiger partial charge in [-0.05, 0) is 61.3 Å². The van der Waals surface area contributed by atoms with Gasteiger partial charge in [0.25, 0.3) is 5.91 Å². The first kappa shape index (κ1) is 16.9. The molecule has 1 aliphatic heterocycles. The second kappa shape index (κ2) is 6.98. The fraction of sp³-hybridized carbons (Fsp3) is 0.429. The van der Waals surface area contributed by atoms with E-state index in [4.69, 9.17) is 5.11 Å². The first-order chi connectivity index (χ1) is 12.6. The third kappa shape index (κ3) is 3.14. The molecular formula is C21H24N2O3. The molecule has 5 heteroatoms. The lowest BCUT2D eigenvalue weighted by molar-refractivity contribution is -0.135. The van der Waals surface area contributed by atoms with Crippen molar-refractivity contribution in [2.75, 3.05) is 11.9 Å². The summed E-state index contributed by atoms with van der Waals surface area (Å²) in [6.07, 6.45) is 13.7. The maximum atomic E-state index is 12.2. The van der Waals surface area contributed by atoms with Crippen LogP contribution in [0, 0.1) is 11.8 Å². The number of carbonyl (C=O) groups excluding carboxylic acids is 1. The van der Waals surface area contributed by atoms with E-state index in [1.807, 2.05) is 12.1 Å². The summed E-state index contributed by atoms with van der Waals surface area (Å²) < 4.78 is 0. The van der Waals surface area contributed by atoms with E-state index in [1.165, 1.54) is 6.42 Å². The number of carboxylic acid groups (broad SMARTS) is 1. The van der Waals surface area contributed by atoms with E-state index in [2.05, 4.69) is 34.9 Å². The van der Waals surface area contributed by atoms with E-state index >= 15 is 0 Å². The molecule has 0 bridgehead atoms. The summed E-state index contributed by atoms with van der Waals surface area (Å²) in [4.78, 5) is 22.9. The highest BCUT2D eigenvalue weighted by Gasteiger charge is 2.40. The molecule has 1 aromatic rings. The normalized spacial score (nSPS) is 28.8. The van der Waals surface area contributed by atoms with Crippen LogP contribution >= 0.6 is 0 Å². The Kier molecular flexibility index (Phi) is 4.53. The van der Waals surface area contributed by atoms with Gasteiger partial charge in [-0.2, -0.15) is 0 Å². The van der Waals surface area contributed by atoms with Crippen LogP contribution in [0.1, 0.15) is 47.5 Å². The second-order valence-corrected chi connectivity index (χ2v) is 7.45. The molecule has 5 nitrogen and oxygen atoms in total. The topological polar surface area (TPSA) is 78.4 Å². The predicted molar refractivity (Wildman–Crippen MR) is 100 cm³/mol. The maximum Gasteiger partial charge on any atom is 0.322 e. The molecule has 1 heterocycles. The van der Waals surface area contributed by atoms with E-state index in [0.717, 1.165) is 30.5 Å². The number of amides is 1. The zero-order valence-electron chi connectivity index (χ0n) is 14.7. The lowest BCUT2D eigenvalue weighted by Crippen LogP contribution is -2.42. The van der Waals surface area contributed by atoms with E-state index in [9.17, 15) is 9.59 Å². The van der Waals surface area contributed by atoms with Crippen LogP contribution in [0.25, 0.3) is 0 Å². The first-order valence-electron chi connectivity index (χ1n) is 9.35. The van der Waals surface area contributed by atoms with Crippen molar-refractivity contribution in [3.8, 4) is 0 Å². The molecular weight excluding hydrogens is 328 g/mol. The van der Waals surface area contributed by atoms with Crippen molar-refractivity contribution in [3.63, 3.8) is 0 Å². The Morgan fingerprint density at radius 3 is 2.85 bits per heavy atom. The monoisotopic (exact) mass is 352 g/mol. The van der Waals surface area contributed by atoms with Crippen molar-refractivity contribution in [3.05, 3.63) is 53.6 Å². The molecule has 136 valence electrons. The molecule has 4 rings (SSSR count). The van der Waals surface area contributed by atoms with Crippen molar-refractivity contribution < 1.29 is 14.7 Å². The number of benzene rings is 1. The van der Waals surface area contributed by atoms with Crippen LogP contribution in [0.5, 0.6) is 0 Å². The summed E-state index contributed by atoms with van der Waals surface area (Å²) in [7, 11) is 0. The number of hydrogen-bond donors (Lipinski definition) is 3. The third-order valence-electron chi connectivity index (χ3n) is 5.89. The van der Waals surface area contributed by atoms with Gasteiger partial charge in [-0.25, -0.2) is 0 Å². The summed E-state index contributed by atoms with van der Waals surface area (Å²) in [6, 6.07) is 6.13. The Hall–Kier alpha value is -2.56. The van der Waals surface area contributed by atoms with Gasteiger partial charge in [-0.3, -0.25) is 9.59 Å². The van der Waals surface area contributed by atoms with Crippen molar-refractivity contribution in [2.24, 2.45) is 11.8 Å². The number of fused-ring (bicyclic) bond motifs is 3. The van der Waals surface area contributed by atoms with Gasteiger partial charge < -0.3 is 15.7 Å². The molecule has 2 aliphatic carbocycles. The minimum atomic E-state index is -1.04. The molecule has 0 saturated heterocycles. The second-order valence-electron chi connectivity index (χ2n) is 7.45. The van der Waals surface area contributed by atoms with Gasteiger partial charge in [0, 0.05) is 23.2 Å². The molecule has 0 radical (unpaired) electrons. The van der Waals surface area contributed by atoms with Gasteiger partial charge >= 0.3 is 5.97 Å². The third-order valence-corrected chi connectivity index (χ3v) is 5.89. The van der Waals surface area contributed by atoms with E-state index in [-0.39, 0.29) is 12.5 Å². The fourth-order valence-corrected chi connectivity index (χ4v) is 4.64. The number of carboxylic acids is 1. The Morgan fingerprint density at radius 1 is 1.19 bits per heavy atom. The molecule has 3 N–H and O–H groups in total. The Bertz CT molecular complexity index is 783. The summed E-state index contributed by atoms with van der Waals surface area (Å²) in [5.41, 5.74) is 2.77. The van der Waals surface area contributed by atoms with Crippen molar-refractivity contribution in [2.45, 2.75) is 37.6 Å². The Morgan fingerprint density at radius 2 is 2.08 bits per heavy atom. The quantitative estimate of drug-likeness (QED) is 0.727. The van der Waals surface area contributed by atoms with Crippen LogP contribution < -0.4 is 10.6 Å². The molecule has 3 aliphatic rings. The maximum absolute atomic E-state index is 12.2. The number of anilines is 1. The van der Waals surface area contributed by atoms with Crippen molar-refractivity contribution in [1.82, 2.24) is 5.32 Å². The van der Waals surface area contributed by atoms with Gasteiger partial charge in [0.1, 0.15) is 6.54 Å².